The van der Waals surface area contributed by atoms with Gasteiger partial charge in [-0.2, -0.15) is 0 Å². The van der Waals surface area contributed by atoms with E-state index >= 15 is 0 Å². The molecule has 4 nitrogen and oxygen atoms in total. The quantitative estimate of drug-likeness (QED) is 0.121. The predicted molar refractivity (Wildman–Crippen MR) is 170 cm³/mol. The number of alkyl halides is 1. The van der Waals surface area contributed by atoms with E-state index < -0.39 is 0 Å². The van der Waals surface area contributed by atoms with Crippen molar-refractivity contribution in [3.05, 3.63) is 131 Å². The fourth-order valence-corrected chi connectivity index (χ4v) is 3.63. The highest BCUT2D eigenvalue weighted by Gasteiger charge is 2.11. The first-order chi connectivity index (χ1) is 19.0. The van der Waals surface area contributed by atoms with Crippen molar-refractivity contribution in [3.8, 4) is 11.5 Å². The highest BCUT2D eigenvalue weighted by atomic mass is 80.9. The first-order valence-electron chi connectivity index (χ1n) is 12.4. The summed E-state index contributed by atoms with van der Waals surface area (Å²) in [5.41, 5.74) is 3.68. The zero-order valence-electron chi connectivity index (χ0n) is 21.9. The molecule has 4 aromatic rings. The van der Waals surface area contributed by atoms with E-state index in [4.69, 9.17) is 9.47 Å². The lowest BCUT2D eigenvalue weighted by atomic mass is 10.1. The first-order valence-corrected chi connectivity index (χ1v) is 17.0. The molecule has 0 saturated heterocycles. The van der Waals surface area contributed by atoms with E-state index in [2.05, 4.69) is 44.2 Å². The van der Waals surface area contributed by atoms with Crippen LogP contribution in [0.25, 0.3) is 0 Å². The van der Waals surface area contributed by atoms with E-state index in [0.29, 0.717) is 25.2 Å². The summed E-state index contributed by atoms with van der Waals surface area (Å²) < 4.78 is 11.3. The molecule has 39 heavy (non-hydrogen) atoms. The summed E-state index contributed by atoms with van der Waals surface area (Å²) in [7, 11) is 0. The normalized spacial score (nSPS) is 10.6. The smallest absolute Gasteiger partial charge is 0.176 e. The number of benzene rings is 4. The van der Waals surface area contributed by atoms with E-state index in [0.717, 1.165) is 28.2 Å². The molecule has 0 fully saturated rings. The number of ketones is 2. The number of ether oxygens (including phenoxy) is 2. The van der Waals surface area contributed by atoms with Gasteiger partial charge in [-0.05, 0) is 66.6 Å². The van der Waals surface area contributed by atoms with Crippen LogP contribution < -0.4 is 9.47 Å². The summed E-state index contributed by atoms with van der Waals surface area (Å²) in [4.78, 5) is 23.0. The van der Waals surface area contributed by atoms with Gasteiger partial charge in [-0.3, -0.25) is 9.59 Å². The van der Waals surface area contributed by atoms with Gasteiger partial charge >= 0.3 is 0 Å². The monoisotopic (exact) mass is 716 g/mol. The van der Waals surface area contributed by atoms with Crippen LogP contribution in [0.5, 0.6) is 11.5 Å². The van der Waals surface area contributed by atoms with E-state index in [-0.39, 0.29) is 16.4 Å². The minimum atomic E-state index is -0.163. The largest absolute Gasteiger partial charge is 0.489 e. The maximum absolute atomic E-state index is 11.7. The molecule has 0 spiro atoms. The van der Waals surface area contributed by atoms with Gasteiger partial charge in [0.15, 0.2) is 11.6 Å². The average Bonchev–Trinajstić information content (AvgIpc) is 3.01. The molecule has 0 aliphatic carbocycles. The zero-order chi connectivity index (χ0) is 28.5. The Balaban J connectivity index is 0.000000258. The number of rotatable bonds is 10. The molecule has 0 saturated carbocycles. The van der Waals surface area contributed by atoms with Crippen molar-refractivity contribution in [3.63, 3.8) is 0 Å². The Kier molecular flexibility index (Phi) is 15.4. The van der Waals surface area contributed by atoms with Crippen molar-refractivity contribution in [2.45, 2.75) is 38.3 Å². The van der Waals surface area contributed by atoms with Gasteiger partial charge in [0.25, 0.3) is 0 Å². The van der Waals surface area contributed by atoms with E-state index in [9.17, 15) is 9.59 Å². The number of hydrogen-bond donors (Lipinski definition) is 0. The third kappa shape index (κ3) is 11.9. The van der Waals surface area contributed by atoms with E-state index in [1.807, 2.05) is 111 Å². The van der Waals surface area contributed by atoms with Crippen molar-refractivity contribution < 1.29 is 19.1 Å². The third-order valence-electron chi connectivity index (χ3n) is 5.49. The molecule has 0 aliphatic rings. The molecule has 4 rings (SSSR count). The maximum Gasteiger partial charge on any atom is 0.176 e. The van der Waals surface area contributed by atoms with E-state index in [1.165, 1.54) is 0 Å². The second-order valence-corrected chi connectivity index (χ2v) is 9.73. The summed E-state index contributed by atoms with van der Waals surface area (Å²) >= 11 is 8.78. The fraction of sp³-hybridized carbons (Fsp3) is 0.188. The molecule has 0 bridgehead atoms. The van der Waals surface area contributed by atoms with Gasteiger partial charge in [-0.25, -0.2) is 0 Å². The first kappa shape index (κ1) is 32.5. The molecule has 4 aromatic carbocycles. The highest BCUT2D eigenvalue weighted by Crippen LogP contribution is 2.17. The molecule has 204 valence electrons. The van der Waals surface area contributed by atoms with Gasteiger partial charge in [-0.1, -0.05) is 83.5 Å². The van der Waals surface area contributed by atoms with Crippen LogP contribution >= 0.6 is 44.2 Å². The van der Waals surface area contributed by atoms with Gasteiger partial charge in [0.1, 0.15) is 24.7 Å². The van der Waals surface area contributed by atoms with Crippen LogP contribution in [0, 0.1) is 0 Å². The van der Waals surface area contributed by atoms with Crippen molar-refractivity contribution in [1.82, 2.24) is 0 Å². The summed E-state index contributed by atoms with van der Waals surface area (Å²) in [6, 6.07) is 34.5. The van der Waals surface area contributed by atoms with Crippen LogP contribution in [0.4, 0.5) is 0 Å². The molecule has 1 unspecified atom stereocenters. The molecule has 0 aromatic heterocycles. The Bertz CT molecular complexity index is 1240. The van der Waals surface area contributed by atoms with Crippen LogP contribution in [0.15, 0.2) is 109 Å². The molecular weight excluding hydrogens is 688 g/mol. The van der Waals surface area contributed by atoms with Gasteiger partial charge < -0.3 is 9.47 Å². The Morgan fingerprint density at radius 3 is 1.38 bits per heavy atom. The van der Waals surface area contributed by atoms with Crippen molar-refractivity contribution >= 4 is 55.8 Å². The Morgan fingerprint density at radius 1 is 0.641 bits per heavy atom. The molecule has 1 atom stereocenters. The molecule has 0 amide bonds. The lowest BCUT2D eigenvalue weighted by Gasteiger charge is -2.07. The molecule has 0 aliphatic heterocycles. The van der Waals surface area contributed by atoms with Gasteiger partial charge in [0.2, 0.25) is 0 Å². The van der Waals surface area contributed by atoms with E-state index in [1.54, 1.807) is 12.1 Å². The van der Waals surface area contributed by atoms with Crippen LogP contribution in [0.3, 0.4) is 0 Å². The second-order valence-electron chi connectivity index (χ2n) is 8.35. The standard InChI is InChI=1S/C16H15BrO2.C16H16O2.Br2/c1-12(17)16(18)14-7-9-15(10-8-14)19-11-13-5-3-2-4-6-13;1-2-16(17)14-8-10-15(11-9-14)18-12-13-6-4-3-5-7-13;1-2/h2-10,12H,11H2,1H3;3-11H,2,12H2,1H3;. The average molecular weight is 719 g/mol. The summed E-state index contributed by atoms with van der Waals surface area (Å²) in [6.07, 6.45) is 0.532. The summed E-state index contributed by atoms with van der Waals surface area (Å²) in [5, 5.41) is 0. The van der Waals surface area contributed by atoms with Crippen LogP contribution in [-0.2, 0) is 13.2 Å². The van der Waals surface area contributed by atoms with Crippen LogP contribution in [0.2, 0.25) is 0 Å². The maximum atomic E-state index is 11.7. The minimum absolute atomic E-state index is 0.0783. The minimum Gasteiger partial charge on any atom is -0.489 e. The number of Topliss-reactive ketones (excluding diaryl/α,β-unsaturated/α-hetero) is 2. The molecule has 7 heteroatoms. The molecule has 0 N–H and O–H groups in total. The van der Waals surface area contributed by atoms with Crippen molar-refractivity contribution in [1.29, 1.82) is 0 Å². The second kappa shape index (κ2) is 18.5. The summed E-state index contributed by atoms with van der Waals surface area (Å²) in [5.74, 6) is 1.79. The number of carbonyl (C=O) groups is 2. The highest BCUT2D eigenvalue weighted by molar-refractivity contribution is 9.93. The summed E-state index contributed by atoms with van der Waals surface area (Å²) in [6.45, 7) is 4.76. The topological polar surface area (TPSA) is 52.6 Å². The van der Waals surface area contributed by atoms with Crippen molar-refractivity contribution in [2.24, 2.45) is 0 Å². The van der Waals surface area contributed by atoms with Gasteiger partial charge in [-0.15, -0.1) is 0 Å². The zero-order valence-corrected chi connectivity index (χ0v) is 26.6. The third-order valence-corrected chi connectivity index (χ3v) is 5.91. The van der Waals surface area contributed by atoms with Gasteiger partial charge in [0, 0.05) is 45.8 Å². The predicted octanol–water partition coefficient (Wildman–Crippen LogP) is 9.78. The van der Waals surface area contributed by atoms with Crippen LogP contribution in [0.1, 0.15) is 52.1 Å². The molecule has 0 radical (unpaired) electrons. The fourth-order valence-electron chi connectivity index (χ4n) is 3.37. The Hall–Kier alpha value is -2.74. The SMILES string of the molecule is BrBr.CC(Br)C(=O)c1ccc(OCc2ccccc2)cc1.CCC(=O)c1ccc(OCc2ccccc2)cc1. The van der Waals surface area contributed by atoms with Crippen molar-refractivity contribution in [2.75, 3.05) is 0 Å². The van der Waals surface area contributed by atoms with Crippen LogP contribution in [-0.4, -0.2) is 16.4 Å². The Labute approximate surface area is 254 Å². The lowest BCUT2D eigenvalue weighted by molar-refractivity contribution is 0.0983. The number of hydrogen-bond acceptors (Lipinski definition) is 4. The Morgan fingerprint density at radius 2 is 1.03 bits per heavy atom. The van der Waals surface area contributed by atoms with Gasteiger partial charge in [0.05, 0.1) is 4.83 Å². The molecular formula is C32H31Br3O4. The number of halogens is 3. The number of carbonyl (C=O) groups excluding carboxylic acids is 2. The lowest BCUT2D eigenvalue weighted by Crippen LogP contribution is -2.09. The molecule has 0 heterocycles.